The fraction of sp³-hybridized carbons (Fsp3) is 0.333. The topological polar surface area (TPSA) is 87.4 Å². The van der Waals surface area contributed by atoms with Crippen LogP contribution in [-0.2, 0) is 6.54 Å². The van der Waals surface area contributed by atoms with Gasteiger partial charge in [0.15, 0.2) is 18.9 Å². The fourth-order valence-corrected chi connectivity index (χ4v) is 1.08. The second-order valence-corrected chi connectivity index (χ2v) is 2.99. The van der Waals surface area contributed by atoms with E-state index in [1.54, 1.807) is 22.9 Å². The molecule has 0 aromatic carbocycles. The molecule has 1 rings (SSSR count). The van der Waals surface area contributed by atoms with Crippen LogP contribution in [0.4, 0.5) is 0 Å². The zero-order chi connectivity index (χ0) is 10.6. The van der Waals surface area contributed by atoms with Gasteiger partial charge in [-0.3, -0.25) is 4.79 Å². The van der Waals surface area contributed by atoms with Gasteiger partial charge in [-0.25, -0.2) is 4.57 Å². The molecule has 1 heterocycles. The Balaban J connectivity index is 2.78. The van der Waals surface area contributed by atoms with E-state index in [0.717, 1.165) is 0 Å². The smallest absolute Gasteiger partial charge is 0.254 e. The molecule has 0 saturated heterocycles. The number of nitrogens with two attached hydrogens (primary N) is 1. The Morgan fingerprint density at radius 2 is 2.36 bits per heavy atom. The first-order valence-electron chi connectivity index (χ1n) is 4.21. The first-order chi connectivity index (χ1) is 6.63. The average molecular weight is 197 g/mol. The molecule has 0 radical (unpaired) electrons. The summed E-state index contributed by atoms with van der Waals surface area (Å²) in [5.74, 6) is -0.516. The number of nitrogens with zero attached hydrogens (tertiary/aromatic N) is 1. The van der Waals surface area contributed by atoms with E-state index in [4.69, 9.17) is 15.9 Å². The number of carbonyl (C=O) groups is 1. The second-order valence-electron chi connectivity index (χ2n) is 2.99. The molecule has 14 heavy (non-hydrogen) atoms. The largest absolute Gasteiger partial charge is 0.393 e. The lowest BCUT2D eigenvalue weighted by molar-refractivity contribution is -0.703. The summed E-state index contributed by atoms with van der Waals surface area (Å²) >= 11 is 0. The van der Waals surface area contributed by atoms with E-state index in [2.05, 4.69) is 0 Å². The van der Waals surface area contributed by atoms with E-state index in [9.17, 15) is 4.79 Å². The molecule has 0 saturated carbocycles. The van der Waals surface area contributed by atoms with Gasteiger partial charge < -0.3 is 15.9 Å². The maximum absolute atomic E-state index is 10.8. The van der Waals surface area contributed by atoms with E-state index in [1.807, 2.05) is 0 Å². The summed E-state index contributed by atoms with van der Waals surface area (Å²) in [4.78, 5) is 10.8. The minimum absolute atomic E-state index is 0.234. The minimum atomic E-state index is -0.830. The van der Waals surface area contributed by atoms with Crippen LogP contribution in [-0.4, -0.2) is 28.8 Å². The molecule has 1 aromatic heterocycles. The Kier molecular flexibility index (Phi) is 3.55. The van der Waals surface area contributed by atoms with Gasteiger partial charge in [0.25, 0.3) is 5.91 Å². The minimum Gasteiger partial charge on any atom is -0.393 e. The number of aliphatic hydroxyl groups is 2. The van der Waals surface area contributed by atoms with E-state index in [-0.39, 0.29) is 13.2 Å². The van der Waals surface area contributed by atoms with E-state index >= 15 is 0 Å². The summed E-state index contributed by atoms with van der Waals surface area (Å²) in [5, 5.41) is 17.8. The molecule has 1 atom stereocenters. The number of aliphatic hydroxyl groups excluding tert-OH is 2. The highest BCUT2D eigenvalue weighted by Gasteiger charge is 2.11. The molecule has 1 amide bonds. The van der Waals surface area contributed by atoms with Crippen molar-refractivity contribution in [3.05, 3.63) is 30.1 Å². The first kappa shape index (κ1) is 10.6. The van der Waals surface area contributed by atoms with Crippen LogP contribution >= 0.6 is 0 Å². The Bertz CT molecular complexity index is 328. The Hall–Kier alpha value is -1.46. The summed E-state index contributed by atoms with van der Waals surface area (Å²) in [5.41, 5.74) is 5.45. The summed E-state index contributed by atoms with van der Waals surface area (Å²) in [6.07, 6.45) is 2.38. The predicted octanol–water partition coefficient (Wildman–Crippen LogP) is -1.57. The molecule has 0 bridgehead atoms. The van der Waals surface area contributed by atoms with Gasteiger partial charge in [-0.15, -0.1) is 0 Å². The number of hydrogen-bond acceptors (Lipinski definition) is 3. The number of primary amides is 1. The quantitative estimate of drug-likeness (QED) is 0.509. The van der Waals surface area contributed by atoms with Crippen LogP contribution in [0.5, 0.6) is 0 Å². The van der Waals surface area contributed by atoms with Crippen molar-refractivity contribution in [2.24, 2.45) is 5.73 Å². The highest BCUT2D eigenvalue weighted by atomic mass is 16.3. The summed E-state index contributed by atoms with van der Waals surface area (Å²) in [7, 11) is 0. The van der Waals surface area contributed by atoms with Crippen molar-refractivity contribution < 1.29 is 19.6 Å². The number of carbonyl (C=O) groups excluding carboxylic acids is 1. The van der Waals surface area contributed by atoms with Gasteiger partial charge in [-0.2, -0.15) is 0 Å². The molecule has 0 fully saturated rings. The predicted molar refractivity (Wildman–Crippen MR) is 48.2 cm³/mol. The summed E-state index contributed by atoms with van der Waals surface area (Å²) < 4.78 is 1.60. The lowest BCUT2D eigenvalue weighted by atomic mass is 10.2. The van der Waals surface area contributed by atoms with Crippen molar-refractivity contribution >= 4 is 5.91 Å². The lowest BCUT2D eigenvalue weighted by Crippen LogP contribution is -2.41. The van der Waals surface area contributed by atoms with E-state index in [0.29, 0.717) is 5.56 Å². The monoisotopic (exact) mass is 197 g/mol. The third kappa shape index (κ3) is 2.79. The number of hydrogen-bond donors (Lipinski definition) is 3. The molecule has 1 aromatic rings. The second kappa shape index (κ2) is 4.69. The lowest BCUT2D eigenvalue weighted by Gasteiger charge is -2.02. The molecule has 0 aliphatic heterocycles. The fourth-order valence-electron chi connectivity index (χ4n) is 1.08. The van der Waals surface area contributed by atoms with Gasteiger partial charge in [-0.1, -0.05) is 0 Å². The van der Waals surface area contributed by atoms with Crippen LogP contribution in [0.1, 0.15) is 10.4 Å². The highest BCUT2D eigenvalue weighted by molar-refractivity contribution is 5.92. The highest BCUT2D eigenvalue weighted by Crippen LogP contribution is 1.92. The Morgan fingerprint density at radius 1 is 1.64 bits per heavy atom. The molecule has 4 N–H and O–H groups in total. The molecule has 0 unspecified atom stereocenters. The van der Waals surface area contributed by atoms with Crippen LogP contribution in [0, 0.1) is 0 Å². The third-order valence-corrected chi connectivity index (χ3v) is 1.78. The first-order valence-corrected chi connectivity index (χ1v) is 4.21. The standard InChI is InChI=1S/C9H12N2O3/c10-9(14)7-2-1-3-11(4-7)5-8(13)6-12/h1-4,8,12-13H,5-6H2,(H-,10,14)/p+1/t8-/m0/s1. The molecule has 0 aliphatic rings. The molecule has 5 heteroatoms. The average Bonchev–Trinajstić information content (AvgIpc) is 2.18. The van der Waals surface area contributed by atoms with Crippen molar-refractivity contribution in [3.8, 4) is 0 Å². The van der Waals surface area contributed by atoms with Crippen LogP contribution in [0.15, 0.2) is 24.5 Å². The van der Waals surface area contributed by atoms with Gasteiger partial charge in [0.05, 0.1) is 6.61 Å². The molecule has 5 nitrogen and oxygen atoms in total. The van der Waals surface area contributed by atoms with Gasteiger partial charge in [0, 0.05) is 6.07 Å². The van der Waals surface area contributed by atoms with Gasteiger partial charge in [-0.05, 0) is 6.07 Å². The van der Waals surface area contributed by atoms with Crippen LogP contribution < -0.4 is 10.3 Å². The van der Waals surface area contributed by atoms with Gasteiger partial charge in [0.2, 0.25) is 0 Å². The Labute approximate surface area is 81.4 Å². The Morgan fingerprint density at radius 3 is 2.93 bits per heavy atom. The van der Waals surface area contributed by atoms with Crippen molar-refractivity contribution in [1.82, 2.24) is 0 Å². The molecule has 76 valence electrons. The van der Waals surface area contributed by atoms with E-state index < -0.39 is 12.0 Å². The van der Waals surface area contributed by atoms with Crippen molar-refractivity contribution in [2.45, 2.75) is 12.6 Å². The van der Waals surface area contributed by atoms with Gasteiger partial charge >= 0.3 is 0 Å². The summed E-state index contributed by atoms with van der Waals surface area (Å²) in [6, 6.07) is 3.24. The van der Waals surface area contributed by atoms with Crippen LogP contribution in [0.2, 0.25) is 0 Å². The normalized spacial score (nSPS) is 12.4. The third-order valence-electron chi connectivity index (χ3n) is 1.78. The van der Waals surface area contributed by atoms with Crippen molar-refractivity contribution in [1.29, 1.82) is 0 Å². The molecule has 0 spiro atoms. The SMILES string of the molecule is NC(=O)c1ccc[n+](C[C@H](O)CO)c1. The summed E-state index contributed by atoms with van der Waals surface area (Å²) in [6.45, 7) is -0.0780. The number of aromatic nitrogens is 1. The van der Waals surface area contributed by atoms with Crippen molar-refractivity contribution in [2.75, 3.05) is 6.61 Å². The number of amides is 1. The molecule has 0 aliphatic carbocycles. The zero-order valence-electron chi connectivity index (χ0n) is 7.63. The van der Waals surface area contributed by atoms with Crippen molar-refractivity contribution in [3.63, 3.8) is 0 Å². The molecular weight excluding hydrogens is 184 g/mol. The zero-order valence-corrected chi connectivity index (χ0v) is 7.63. The molecular formula is C9H13N2O3+. The maximum Gasteiger partial charge on any atom is 0.254 e. The van der Waals surface area contributed by atoms with Crippen LogP contribution in [0.25, 0.3) is 0 Å². The van der Waals surface area contributed by atoms with E-state index in [1.165, 1.54) is 6.20 Å². The number of rotatable bonds is 4. The number of pyridine rings is 1. The maximum atomic E-state index is 10.8. The van der Waals surface area contributed by atoms with Gasteiger partial charge in [0.1, 0.15) is 11.7 Å². The van der Waals surface area contributed by atoms with Crippen LogP contribution in [0.3, 0.4) is 0 Å².